The van der Waals surface area contributed by atoms with Crippen LogP contribution in [0.2, 0.25) is 0 Å². The summed E-state index contributed by atoms with van der Waals surface area (Å²) >= 11 is 0. The Bertz CT molecular complexity index is 630. The number of rotatable bonds is 2. The lowest BCUT2D eigenvalue weighted by Crippen LogP contribution is -2.33. The van der Waals surface area contributed by atoms with Crippen LogP contribution in [-0.4, -0.2) is 5.91 Å². The highest BCUT2D eigenvalue weighted by Crippen LogP contribution is 2.69. The van der Waals surface area contributed by atoms with Crippen molar-refractivity contribution in [2.24, 2.45) is 29.6 Å². The Kier molecular flexibility index (Phi) is 3.60. The molecule has 0 saturated heterocycles. The third-order valence-corrected chi connectivity index (χ3v) is 6.84. The highest BCUT2D eigenvalue weighted by molar-refractivity contribution is 5.85. The molecule has 124 valence electrons. The van der Waals surface area contributed by atoms with Gasteiger partial charge in [-0.3, -0.25) is 4.79 Å². The highest BCUT2D eigenvalue weighted by atomic mass is 35.5. The van der Waals surface area contributed by atoms with Crippen molar-refractivity contribution in [3.05, 3.63) is 29.3 Å². The Morgan fingerprint density at radius 1 is 1.13 bits per heavy atom. The number of hydrogen-bond donors (Lipinski definition) is 2. The molecule has 2 bridgehead atoms. The van der Waals surface area contributed by atoms with Crippen LogP contribution < -0.4 is 11.1 Å². The average Bonchev–Trinajstić information content (AvgIpc) is 2.96. The minimum Gasteiger partial charge on any atom is -0.399 e. The molecular formula is C19H25ClN2O. The van der Waals surface area contributed by atoms with E-state index in [1.54, 1.807) is 0 Å². The smallest absolute Gasteiger partial charge is 0.224 e. The SMILES string of the molecule is Cl.Nc1ccc2c(c1)CCCC2NC(=O)C1C2C3CCC(C3)C12. The Hall–Kier alpha value is -1.22. The van der Waals surface area contributed by atoms with E-state index in [1.165, 1.54) is 30.4 Å². The van der Waals surface area contributed by atoms with E-state index in [2.05, 4.69) is 17.4 Å². The molecule has 0 radical (unpaired) electrons. The lowest BCUT2D eigenvalue weighted by Gasteiger charge is -2.27. The standard InChI is InChI=1S/C19H24N2O.ClH/c20-13-6-7-14-10(9-13)2-1-3-15(14)21-19(22)18-16-11-4-5-12(8-11)17(16)18;/h6-7,9,11-12,15-18H,1-5,8,20H2,(H,21,22);1H. The van der Waals surface area contributed by atoms with Gasteiger partial charge in [-0.1, -0.05) is 6.07 Å². The zero-order valence-electron chi connectivity index (χ0n) is 13.3. The van der Waals surface area contributed by atoms with Gasteiger partial charge in [-0.25, -0.2) is 0 Å². The van der Waals surface area contributed by atoms with Gasteiger partial charge in [-0.15, -0.1) is 12.4 Å². The summed E-state index contributed by atoms with van der Waals surface area (Å²) in [4.78, 5) is 12.7. The molecule has 4 aliphatic carbocycles. The Morgan fingerprint density at radius 2 is 1.87 bits per heavy atom. The van der Waals surface area contributed by atoms with Gasteiger partial charge >= 0.3 is 0 Å². The van der Waals surface area contributed by atoms with E-state index in [9.17, 15) is 4.79 Å². The molecule has 3 N–H and O–H groups in total. The summed E-state index contributed by atoms with van der Waals surface area (Å²) in [5.41, 5.74) is 9.35. The first-order valence-corrected chi connectivity index (χ1v) is 8.91. The average molecular weight is 333 g/mol. The normalized spacial score (nSPS) is 39.1. The first-order chi connectivity index (χ1) is 10.7. The Labute approximate surface area is 143 Å². The number of carbonyl (C=O) groups excluding carboxylic acids is 1. The largest absolute Gasteiger partial charge is 0.399 e. The Balaban J connectivity index is 0.00000135. The fourth-order valence-corrected chi connectivity index (χ4v) is 5.93. The van der Waals surface area contributed by atoms with Crippen molar-refractivity contribution < 1.29 is 4.79 Å². The summed E-state index contributed by atoms with van der Waals surface area (Å²) in [5, 5.41) is 3.37. The predicted octanol–water partition coefficient (Wildman–Crippen LogP) is 3.48. The zero-order chi connectivity index (χ0) is 14.8. The molecule has 1 amide bonds. The maximum absolute atomic E-state index is 12.7. The lowest BCUT2D eigenvalue weighted by atomic mass is 9.87. The number of hydrogen-bond acceptors (Lipinski definition) is 2. The molecule has 4 aliphatic rings. The number of fused-ring (bicyclic) bond motifs is 6. The molecule has 0 aromatic heterocycles. The number of aryl methyl sites for hydroxylation is 1. The predicted molar refractivity (Wildman–Crippen MR) is 93.2 cm³/mol. The fourth-order valence-electron chi connectivity index (χ4n) is 5.93. The summed E-state index contributed by atoms with van der Waals surface area (Å²) in [6.45, 7) is 0. The number of benzene rings is 1. The summed E-state index contributed by atoms with van der Waals surface area (Å²) in [6, 6.07) is 6.37. The minimum absolute atomic E-state index is 0. The van der Waals surface area contributed by atoms with Gasteiger partial charge in [-0.05, 0) is 85.5 Å². The van der Waals surface area contributed by atoms with Crippen molar-refractivity contribution in [3.63, 3.8) is 0 Å². The first kappa shape index (κ1) is 15.3. The van der Waals surface area contributed by atoms with Gasteiger partial charge in [0.25, 0.3) is 0 Å². The topological polar surface area (TPSA) is 55.1 Å². The molecule has 23 heavy (non-hydrogen) atoms. The third kappa shape index (κ3) is 2.27. The summed E-state index contributed by atoms with van der Waals surface area (Å²) in [7, 11) is 0. The second-order valence-electron chi connectivity index (χ2n) is 7.93. The number of anilines is 1. The van der Waals surface area contributed by atoms with Crippen LogP contribution in [0.15, 0.2) is 18.2 Å². The van der Waals surface area contributed by atoms with E-state index in [1.807, 2.05) is 6.07 Å². The number of nitrogen functional groups attached to an aromatic ring is 1. The van der Waals surface area contributed by atoms with Gasteiger partial charge in [0.2, 0.25) is 5.91 Å². The van der Waals surface area contributed by atoms with E-state index in [0.717, 1.165) is 48.6 Å². The van der Waals surface area contributed by atoms with Crippen molar-refractivity contribution in [1.29, 1.82) is 0 Å². The second kappa shape index (κ2) is 5.41. The molecule has 5 rings (SSSR count). The van der Waals surface area contributed by atoms with Gasteiger partial charge < -0.3 is 11.1 Å². The molecule has 4 heteroatoms. The van der Waals surface area contributed by atoms with Crippen LogP contribution in [0, 0.1) is 29.6 Å². The number of amides is 1. The van der Waals surface area contributed by atoms with Crippen LogP contribution in [0.4, 0.5) is 5.69 Å². The molecule has 3 saturated carbocycles. The monoisotopic (exact) mass is 332 g/mol. The Morgan fingerprint density at radius 3 is 2.61 bits per heavy atom. The number of halogens is 1. The molecule has 0 aliphatic heterocycles. The van der Waals surface area contributed by atoms with E-state index < -0.39 is 0 Å². The van der Waals surface area contributed by atoms with Crippen LogP contribution in [-0.2, 0) is 11.2 Å². The van der Waals surface area contributed by atoms with E-state index in [4.69, 9.17) is 5.73 Å². The molecule has 1 aromatic carbocycles. The maximum Gasteiger partial charge on any atom is 0.224 e. The second-order valence-corrected chi connectivity index (χ2v) is 7.93. The summed E-state index contributed by atoms with van der Waals surface area (Å²) in [6.07, 6.45) is 7.46. The molecule has 0 spiro atoms. The molecule has 3 nitrogen and oxygen atoms in total. The van der Waals surface area contributed by atoms with Crippen LogP contribution in [0.1, 0.15) is 49.3 Å². The van der Waals surface area contributed by atoms with Crippen LogP contribution in [0.5, 0.6) is 0 Å². The number of carbonyl (C=O) groups is 1. The van der Waals surface area contributed by atoms with Crippen molar-refractivity contribution in [2.45, 2.75) is 44.6 Å². The molecule has 0 heterocycles. The number of nitrogens with one attached hydrogen (secondary N) is 1. The first-order valence-electron chi connectivity index (χ1n) is 8.91. The number of nitrogens with two attached hydrogens (primary N) is 1. The molecule has 5 unspecified atom stereocenters. The molecule has 5 atom stereocenters. The van der Waals surface area contributed by atoms with Crippen LogP contribution in [0.25, 0.3) is 0 Å². The van der Waals surface area contributed by atoms with Gasteiger partial charge in [0.1, 0.15) is 0 Å². The van der Waals surface area contributed by atoms with Gasteiger partial charge in [0.05, 0.1) is 6.04 Å². The summed E-state index contributed by atoms with van der Waals surface area (Å²) in [5.74, 6) is 3.86. The van der Waals surface area contributed by atoms with Gasteiger partial charge in [0.15, 0.2) is 0 Å². The maximum atomic E-state index is 12.7. The molecule has 1 aromatic rings. The lowest BCUT2D eigenvalue weighted by molar-refractivity contribution is -0.124. The van der Waals surface area contributed by atoms with Gasteiger partial charge in [-0.2, -0.15) is 0 Å². The summed E-state index contributed by atoms with van der Waals surface area (Å²) < 4.78 is 0. The van der Waals surface area contributed by atoms with Crippen molar-refractivity contribution in [1.82, 2.24) is 5.32 Å². The van der Waals surface area contributed by atoms with Gasteiger partial charge in [0, 0.05) is 11.6 Å². The third-order valence-electron chi connectivity index (χ3n) is 6.84. The van der Waals surface area contributed by atoms with E-state index in [-0.39, 0.29) is 18.4 Å². The van der Waals surface area contributed by atoms with Crippen molar-refractivity contribution >= 4 is 24.0 Å². The van der Waals surface area contributed by atoms with Crippen molar-refractivity contribution in [2.75, 3.05) is 5.73 Å². The van der Waals surface area contributed by atoms with Crippen molar-refractivity contribution in [3.8, 4) is 0 Å². The fraction of sp³-hybridized carbons (Fsp3) is 0.632. The van der Waals surface area contributed by atoms with Crippen LogP contribution >= 0.6 is 12.4 Å². The minimum atomic E-state index is 0. The molecular weight excluding hydrogens is 308 g/mol. The highest BCUT2D eigenvalue weighted by Gasteiger charge is 2.67. The van der Waals surface area contributed by atoms with Crippen LogP contribution in [0.3, 0.4) is 0 Å². The molecule has 3 fully saturated rings. The van der Waals surface area contributed by atoms with E-state index in [0.29, 0.717) is 11.8 Å². The quantitative estimate of drug-likeness (QED) is 0.815. The van der Waals surface area contributed by atoms with E-state index >= 15 is 0 Å². The zero-order valence-corrected chi connectivity index (χ0v) is 14.1.